The zero-order valence-electron chi connectivity index (χ0n) is 13.1. The molecule has 0 aromatic rings. The fourth-order valence-corrected chi connectivity index (χ4v) is 2.25. The molecule has 22 heavy (non-hydrogen) atoms. The Morgan fingerprint density at radius 3 is 2.50 bits per heavy atom. The number of alkyl carbamates (subject to hydrolysis) is 1. The van der Waals surface area contributed by atoms with E-state index in [4.69, 9.17) is 4.74 Å². The molecule has 126 valence electrons. The van der Waals surface area contributed by atoms with Gasteiger partial charge < -0.3 is 25.4 Å². The van der Waals surface area contributed by atoms with E-state index in [-0.39, 0.29) is 25.2 Å². The Labute approximate surface area is 130 Å². The second kappa shape index (κ2) is 9.86. The number of nitrogens with one attached hydrogen (secondary N) is 3. The molecule has 1 aliphatic rings. The molecule has 1 aliphatic carbocycles. The average molecular weight is 315 g/mol. The van der Waals surface area contributed by atoms with Crippen molar-refractivity contribution in [3.63, 3.8) is 0 Å². The first-order valence-electron chi connectivity index (χ1n) is 7.58. The highest BCUT2D eigenvalue weighted by Gasteiger charge is 2.17. The van der Waals surface area contributed by atoms with Crippen LogP contribution in [0.3, 0.4) is 0 Å². The van der Waals surface area contributed by atoms with Gasteiger partial charge in [-0.25, -0.2) is 14.4 Å². The minimum atomic E-state index is -0.778. The second-order valence-corrected chi connectivity index (χ2v) is 5.26. The van der Waals surface area contributed by atoms with E-state index in [1.807, 2.05) is 0 Å². The number of hydrogen-bond acceptors (Lipinski definition) is 5. The number of amides is 3. The molecule has 0 aromatic heterocycles. The van der Waals surface area contributed by atoms with Crippen LogP contribution in [0, 0.1) is 0 Å². The molecule has 0 bridgehead atoms. The van der Waals surface area contributed by atoms with Crippen LogP contribution < -0.4 is 16.0 Å². The fourth-order valence-electron chi connectivity index (χ4n) is 2.25. The van der Waals surface area contributed by atoms with E-state index < -0.39 is 18.1 Å². The Hall–Kier alpha value is -1.99. The molecule has 0 radical (unpaired) electrons. The molecule has 1 unspecified atom stereocenters. The summed E-state index contributed by atoms with van der Waals surface area (Å²) in [5.41, 5.74) is 0. The van der Waals surface area contributed by atoms with Crippen molar-refractivity contribution in [1.82, 2.24) is 16.0 Å². The zero-order chi connectivity index (χ0) is 16.4. The van der Waals surface area contributed by atoms with Crippen molar-refractivity contribution < 1.29 is 23.9 Å². The molecule has 0 spiro atoms. The van der Waals surface area contributed by atoms with Gasteiger partial charge >= 0.3 is 18.1 Å². The molecular formula is C14H25N3O5. The molecular weight excluding hydrogens is 290 g/mol. The Morgan fingerprint density at radius 2 is 1.86 bits per heavy atom. The van der Waals surface area contributed by atoms with Crippen molar-refractivity contribution >= 4 is 18.1 Å². The van der Waals surface area contributed by atoms with Crippen LogP contribution in [0.25, 0.3) is 0 Å². The number of carbonyl (C=O) groups is 3. The number of carbonyl (C=O) groups excluding carboxylic acids is 3. The van der Waals surface area contributed by atoms with E-state index >= 15 is 0 Å². The molecule has 0 aromatic carbocycles. The van der Waals surface area contributed by atoms with Crippen molar-refractivity contribution in [2.75, 3.05) is 20.3 Å². The van der Waals surface area contributed by atoms with Crippen LogP contribution in [-0.2, 0) is 14.3 Å². The molecule has 1 saturated carbocycles. The molecule has 0 aliphatic heterocycles. The van der Waals surface area contributed by atoms with Crippen LogP contribution in [0.15, 0.2) is 0 Å². The lowest BCUT2D eigenvalue weighted by Crippen LogP contribution is -2.44. The number of urea groups is 1. The third-order valence-electron chi connectivity index (χ3n) is 3.45. The van der Waals surface area contributed by atoms with E-state index in [0.29, 0.717) is 0 Å². The third kappa shape index (κ3) is 7.14. The molecule has 1 rings (SSSR count). The number of ether oxygens (including phenoxy) is 2. The van der Waals surface area contributed by atoms with Gasteiger partial charge in [0.1, 0.15) is 12.6 Å². The maximum Gasteiger partial charge on any atom is 0.407 e. The molecule has 1 atom stereocenters. The van der Waals surface area contributed by atoms with E-state index in [1.54, 1.807) is 0 Å². The Bertz CT molecular complexity index is 383. The average Bonchev–Trinajstić information content (AvgIpc) is 2.51. The largest absolute Gasteiger partial charge is 0.467 e. The highest BCUT2D eigenvalue weighted by Crippen LogP contribution is 2.16. The predicted octanol–water partition coefficient (Wildman–Crippen LogP) is 0.906. The van der Waals surface area contributed by atoms with Gasteiger partial charge in [-0.1, -0.05) is 19.3 Å². The summed E-state index contributed by atoms with van der Waals surface area (Å²) in [7, 11) is 1.24. The number of rotatable bonds is 6. The topological polar surface area (TPSA) is 106 Å². The third-order valence-corrected chi connectivity index (χ3v) is 3.45. The Morgan fingerprint density at radius 1 is 1.18 bits per heavy atom. The van der Waals surface area contributed by atoms with Crippen LogP contribution in [0.1, 0.15) is 39.0 Å². The molecule has 3 amide bonds. The first-order valence-corrected chi connectivity index (χ1v) is 7.58. The van der Waals surface area contributed by atoms with Gasteiger partial charge in [-0.3, -0.25) is 0 Å². The lowest BCUT2D eigenvalue weighted by atomic mass is 9.96. The number of esters is 1. The van der Waals surface area contributed by atoms with Crippen molar-refractivity contribution in [2.45, 2.75) is 51.1 Å². The highest BCUT2D eigenvalue weighted by molar-refractivity contribution is 5.80. The van der Waals surface area contributed by atoms with Crippen LogP contribution in [0.4, 0.5) is 9.59 Å². The predicted molar refractivity (Wildman–Crippen MR) is 79.4 cm³/mol. The van der Waals surface area contributed by atoms with Crippen molar-refractivity contribution in [3.05, 3.63) is 0 Å². The van der Waals surface area contributed by atoms with E-state index in [1.165, 1.54) is 20.5 Å². The maximum absolute atomic E-state index is 11.6. The summed E-state index contributed by atoms with van der Waals surface area (Å²) in [6.45, 7) is 1.72. The number of methoxy groups -OCH3 is 1. The molecule has 0 heterocycles. The minimum Gasteiger partial charge on any atom is -0.467 e. The van der Waals surface area contributed by atoms with Crippen molar-refractivity contribution in [2.24, 2.45) is 0 Å². The number of hydrogen-bond donors (Lipinski definition) is 3. The quantitative estimate of drug-likeness (QED) is 0.499. The fraction of sp³-hybridized carbons (Fsp3) is 0.786. The highest BCUT2D eigenvalue weighted by atomic mass is 16.6. The van der Waals surface area contributed by atoms with Crippen LogP contribution >= 0.6 is 0 Å². The van der Waals surface area contributed by atoms with Gasteiger partial charge in [0.25, 0.3) is 0 Å². The maximum atomic E-state index is 11.6. The van der Waals surface area contributed by atoms with Gasteiger partial charge in [-0.05, 0) is 19.8 Å². The van der Waals surface area contributed by atoms with Crippen LogP contribution in [0.5, 0.6) is 0 Å². The Kier molecular flexibility index (Phi) is 8.09. The molecule has 1 fully saturated rings. The molecule has 8 nitrogen and oxygen atoms in total. The minimum absolute atomic E-state index is 0.0256. The smallest absolute Gasteiger partial charge is 0.407 e. The zero-order valence-corrected chi connectivity index (χ0v) is 13.1. The molecule has 0 saturated heterocycles. The first kappa shape index (κ1) is 18.1. The monoisotopic (exact) mass is 315 g/mol. The van der Waals surface area contributed by atoms with Gasteiger partial charge in [0.05, 0.1) is 13.7 Å². The standard InChI is InChI=1S/C14H25N3O5/c1-10(12(18)21-2)16-14(20)22-9-8-15-13(19)17-11-6-4-3-5-7-11/h10-11H,3-9H2,1-2H3,(H,16,20)(H2,15,17,19). The summed E-state index contributed by atoms with van der Waals surface area (Å²) in [5, 5.41) is 7.84. The molecule has 8 heteroatoms. The van der Waals surface area contributed by atoms with Gasteiger partial charge in [-0.15, -0.1) is 0 Å². The van der Waals surface area contributed by atoms with E-state index in [0.717, 1.165) is 25.7 Å². The second-order valence-electron chi connectivity index (χ2n) is 5.26. The summed E-state index contributed by atoms with van der Waals surface area (Å²) in [5.74, 6) is -0.554. The van der Waals surface area contributed by atoms with Gasteiger partial charge in [-0.2, -0.15) is 0 Å². The van der Waals surface area contributed by atoms with Crippen molar-refractivity contribution in [1.29, 1.82) is 0 Å². The first-order chi connectivity index (χ1) is 10.5. The van der Waals surface area contributed by atoms with Crippen LogP contribution in [0.2, 0.25) is 0 Å². The SMILES string of the molecule is COC(=O)C(C)NC(=O)OCCNC(=O)NC1CCCCC1. The van der Waals surface area contributed by atoms with Gasteiger partial charge in [0, 0.05) is 6.04 Å². The summed E-state index contributed by atoms with van der Waals surface area (Å²) >= 11 is 0. The van der Waals surface area contributed by atoms with E-state index in [2.05, 4.69) is 20.7 Å². The summed E-state index contributed by atoms with van der Waals surface area (Å²) in [6.07, 6.45) is 4.81. The Balaban J connectivity index is 2.07. The van der Waals surface area contributed by atoms with Gasteiger partial charge in [0.2, 0.25) is 0 Å². The van der Waals surface area contributed by atoms with Crippen LogP contribution in [-0.4, -0.2) is 50.4 Å². The lowest BCUT2D eigenvalue weighted by Gasteiger charge is -2.22. The van der Waals surface area contributed by atoms with Crippen molar-refractivity contribution in [3.8, 4) is 0 Å². The van der Waals surface area contributed by atoms with E-state index in [9.17, 15) is 14.4 Å². The van der Waals surface area contributed by atoms with Gasteiger partial charge in [0.15, 0.2) is 0 Å². The summed E-state index contributed by atoms with van der Waals surface area (Å²) in [4.78, 5) is 34.1. The lowest BCUT2D eigenvalue weighted by molar-refractivity contribution is -0.142. The summed E-state index contributed by atoms with van der Waals surface area (Å²) < 4.78 is 9.32. The summed E-state index contributed by atoms with van der Waals surface area (Å²) in [6, 6.07) is -0.794. The molecule has 3 N–H and O–H groups in total. The normalized spacial score (nSPS) is 16.3.